The molecule has 19 heavy (non-hydrogen) atoms. The first-order valence-electron chi connectivity index (χ1n) is 5.63. The van der Waals surface area contributed by atoms with E-state index in [1.165, 1.54) is 0 Å². The molecular formula is C14H9BrN2O2. The number of hydrogen-bond acceptors (Lipinski definition) is 3. The minimum absolute atomic E-state index is 0.555. The summed E-state index contributed by atoms with van der Waals surface area (Å²) in [6.45, 7) is 0. The third kappa shape index (κ3) is 2.37. The molecule has 3 rings (SSSR count). The van der Waals surface area contributed by atoms with Crippen LogP contribution >= 0.6 is 15.9 Å². The molecule has 0 spiro atoms. The molecule has 0 aliphatic heterocycles. The summed E-state index contributed by atoms with van der Waals surface area (Å²) in [4.78, 5) is 14.8. The Bertz CT molecular complexity index is 752. The number of hydrogen-bond donors (Lipinski definition) is 1. The highest BCUT2D eigenvalue weighted by atomic mass is 79.9. The predicted octanol–water partition coefficient (Wildman–Crippen LogP) is 3.83. The normalized spacial score (nSPS) is 10.6. The number of nitrogens with one attached hydrogen (secondary N) is 1. The zero-order valence-corrected chi connectivity index (χ0v) is 11.3. The largest absolute Gasteiger partial charge is 0.436 e. The van der Waals surface area contributed by atoms with E-state index in [-0.39, 0.29) is 0 Å². The van der Waals surface area contributed by atoms with Crippen LogP contribution in [0, 0.1) is 0 Å². The van der Waals surface area contributed by atoms with Crippen molar-refractivity contribution in [3.8, 4) is 11.5 Å². The van der Waals surface area contributed by atoms with Crippen LogP contribution in [0.15, 0.2) is 51.4 Å². The summed E-state index contributed by atoms with van der Waals surface area (Å²) in [5, 5.41) is 2.59. The van der Waals surface area contributed by atoms with E-state index < -0.39 is 0 Å². The van der Waals surface area contributed by atoms with Gasteiger partial charge in [-0.1, -0.05) is 22.0 Å². The molecule has 0 radical (unpaired) electrons. The summed E-state index contributed by atoms with van der Waals surface area (Å²) in [6, 6.07) is 13.1. The first kappa shape index (κ1) is 11.9. The number of benzene rings is 2. The van der Waals surface area contributed by atoms with Crippen LogP contribution in [-0.2, 0) is 4.79 Å². The Labute approximate surface area is 117 Å². The van der Waals surface area contributed by atoms with Crippen molar-refractivity contribution < 1.29 is 9.21 Å². The van der Waals surface area contributed by atoms with Crippen molar-refractivity contribution in [2.75, 3.05) is 5.32 Å². The van der Waals surface area contributed by atoms with E-state index in [9.17, 15) is 4.79 Å². The van der Waals surface area contributed by atoms with Crippen LogP contribution in [-0.4, -0.2) is 11.4 Å². The molecule has 1 N–H and O–H groups in total. The van der Waals surface area contributed by atoms with Crippen LogP contribution in [0.1, 0.15) is 0 Å². The van der Waals surface area contributed by atoms with Gasteiger partial charge >= 0.3 is 0 Å². The number of amides is 1. The molecule has 1 aromatic heterocycles. The van der Waals surface area contributed by atoms with Crippen molar-refractivity contribution >= 4 is 39.1 Å². The van der Waals surface area contributed by atoms with Crippen molar-refractivity contribution in [1.82, 2.24) is 4.98 Å². The molecule has 0 saturated heterocycles. The zero-order valence-electron chi connectivity index (χ0n) is 9.76. The van der Waals surface area contributed by atoms with Crippen LogP contribution in [0.3, 0.4) is 0 Å². The number of carbonyl (C=O) groups excluding carboxylic acids is 1. The van der Waals surface area contributed by atoms with Gasteiger partial charge in [-0.15, -0.1) is 0 Å². The number of aromatic nitrogens is 1. The average Bonchev–Trinajstić information content (AvgIpc) is 2.82. The molecule has 5 heteroatoms. The number of nitrogens with zero attached hydrogens (tertiary/aromatic N) is 1. The lowest BCUT2D eigenvalue weighted by molar-refractivity contribution is -0.105. The van der Waals surface area contributed by atoms with Crippen molar-refractivity contribution in [2.45, 2.75) is 0 Å². The van der Waals surface area contributed by atoms with E-state index in [4.69, 9.17) is 4.42 Å². The van der Waals surface area contributed by atoms with Gasteiger partial charge in [-0.05, 0) is 36.4 Å². The van der Waals surface area contributed by atoms with Gasteiger partial charge < -0.3 is 9.73 Å². The maximum atomic E-state index is 10.4. The van der Waals surface area contributed by atoms with Crippen LogP contribution in [0.5, 0.6) is 0 Å². The number of anilines is 1. The molecule has 0 bridgehead atoms. The molecular weight excluding hydrogens is 308 g/mol. The zero-order chi connectivity index (χ0) is 13.2. The fourth-order valence-electron chi connectivity index (χ4n) is 1.83. The molecule has 4 nitrogen and oxygen atoms in total. The molecule has 1 amide bonds. The topological polar surface area (TPSA) is 55.1 Å². The van der Waals surface area contributed by atoms with Crippen molar-refractivity contribution in [1.29, 1.82) is 0 Å². The Morgan fingerprint density at radius 3 is 2.89 bits per heavy atom. The number of rotatable bonds is 3. The number of oxazole rings is 1. The third-order valence-corrected chi connectivity index (χ3v) is 3.18. The Balaban J connectivity index is 2.08. The molecule has 0 atom stereocenters. The second kappa shape index (κ2) is 4.85. The second-order valence-corrected chi connectivity index (χ2v) is 4.89. The minimum Gasteiger partial charge on any atom is -0.436 e. The quantitative estimate of drug-likeness (QED) is 0.747. The van der Waals surface area contributed by atoms with Gasteiger partial charge in [0.2, 0.25) is 12.3 Å². The van der Waals surface area contributed by atoms with Gasteiger partial charge in [0.15, 0.2) is 5.58 Å². The van der Waals surface area contributed by atoms with Crippen LogP contribution in [0.2, 0.25) is 0 Å². The second-order valence-electron chi connectivity index (χ2n) is 3.97. The molecule has 2 aromatic carbocycles. The first-order chi connectivity index (χ1) is 9.26. The highest BCUT2D eigenvalue weighted by molar-refractivity contribution is 9.10. The molecule has 94 valence electrons. The molecule has 0 unspecified atom stereocenters. The van der Waals surface area contributed by atoms with Gasteiger partial charge in [0.1, 0.15) is 5.52 Å². The highest BCUT2D eigenvalue weighted by Crippen LogP contribution is 2.27. The third-order valence-electron chi connectivity index (χ3n) is 2.68. The van der Waals surface area contributed by atoms with Crippen molar-refractivity contribution in [3.63, 3.8) is 0 Å². The monoisotopic (exact) mass is 316 g/mol. The summed E-state index contributed by atoms with van der Waals surface area (Å²) in [5.74, 6) is 0.555. The summed E-state index contributed by atoms with van der Waals surface area (Å²) < 4.78 is 6.66. The summed E-state index contributed by atoms with van der Waals surface area (Å²) in [5.41, 5.74) is 2.99. The Kier molecular flexibility index (Phi) is 3.05. The lowest BCUT2D eigenvalue weighted by atomic mass is 10.2. The van der Waals surface area contributed by atoms with Gasteiger partial charge in [0, 0.05) is 15.7 Å². The molecule has 0 aliphatic rings. The smallest absolute Gasteiger partial charge is 0.227 e. The number of carbonyl (C=O) groups is 1. The van der Waals surface area contributed by atoms with Gasteiger partial charge in [-0.3, -0.25) is 4.79 Å². The van der Waals surface area contributed by atoms with E-state index >= 15 is 0 Å². The maximum absolute atomic E-state index is 10.4. The van der Waals surface area contributed by atoms with Crippen molar-refractivity contribution in [2.24, 2.45) is 0 Å². The minimum atomic E-state index is 0.555. The molecule has 0 aliphatic carbocycles. The molecule has 1 heterocycles. The van der Waals surface area contributed by atoms with Gasteiger partial charge in [-0.2, -0.15) is 0 Å². The predicted molar refractivity (Wildman–Crippen MR) is 76.8 cm³/mol. The fourth-order valence-corrected chi connectivity index (χ4v) is 2.23. The Hall–Kier alpha value is -2.14. The van der Waals surface area contributed by atoms with E-state index in [0.29, 0.717) is 29.1 Å². The summed E-state index contributed by atoms with van der Waals surface area (Å²) in [6.07, 6.45) is 0.635. The first-order valence-corrected chi connectivity index (χ1v) is 6.42. The SMILES string of the molecule is O=CNc1ccc2oc(-c3cccc(Br)c3)nc2c1. The molecule has 3 aromatic rings. The lowest BCUT2D eigenvalue weighted by Gasteiger charge is -1.95. The Morgan fingerprint density at radius 2 is 2.11 bits per heavy atom. The Morgan fingerprint density at radius 1 is 1.21 bits per heavy atom. The van der Waals surface area contributed by atoms with Crippen molar-refractivity contribution in [3.05, 3.63) is 46.9 Å². The fraction of sp³-hybridized carbons (Fsp3) is 0. The van der Waals surface area contributed by atoms with Gasteiger partial charge in [0.05, 0.1) is 0 Å². The van der Waals surface area contributed by atoms with E-state index in [1.807, 2.05) is 24.3 Å². The maximum Gasteiger partial charge on any atom is 0.227 e. The molecule has 0 fully saturated rings. The molecule has 0 saturated carbocycles. The standard InChI is InChI=1S/C14H9BrN2O2/c15-10-3-1-2-9(6-10)14-17-12-7-11(16-8-18)4-5-13(12)19-14/h1-8H,(H,16,18). The number of fused-ring (bicyclic) bond motifs is 1. The van der Waals surface area contributed by atoms with E-state index in [0.717, 1.165) is 10.0 Å². The lowest BCUT2D eigenvalue weighted by Crippen LogP contribution is -1.92. The van der Waals surface area contributed by atoms with Crippen LogP contribution < -0.4 is 5.32 Å². The highest BCUT2D eigenvalue weighted by Gasteiger charge is 2.08. The summed E-state index contributed by atoms with van der Waals surface area (Å²) >= 11 is 3.42. The van der Waals surface area contributed by atoms with E-state index in [2.05, 4.69) is 26.2 Å². The van der Waals surface area contributed by atoms with Gasteiger partial charge in [-0.25, -0.2) is 4.98 Å². The van der Waals surface area contributed by atoms with Gasteiger partial charge in [0.25, 0.3) is 0 Å². The van der Waals surface area contributed by atoms with E-state index in [1.54, 1.807) is 18.2 Å². The summed E-state index contributed by atoms with van der Waals surface area (Å²) in [7, 11) is 0. The number of halogens is 1. The van der Waals surface area contributed by atoms with Crippen LogP contribution in [0.4, 0.5) is 5.69 Å². The van der Waals surface area contributed by atoms with Crippen LogP contribution in [0.25, 0.3) is 22.6 Å². The average molecular weight is 317 g/mol.